The van der Waals surface area contributed by atoms with Crippen LogP contribution < -0.4 is 21.3 Å². The number of aromatic nitrogens is 2. The van der Waals surface area contributed by atoms with Crippen molar-refractivity contribution in [3.63, 3.8) is 0 Å². The Morgan fingerprint density at radius 2 is 1.84 bits per heavy atom. The molecule has 1 aromatic heterocycles. The van der Waals surface area contributed by atoms with Gasteiger partial charge in [0.2, 0.25) is 17.8 Å². The van der Waals surface area contributed by atoms with Gasteiger partial charge in [0.05, 0.1) is 5.69 Å². The minimum Gasteiger partial charge on any atom is -0.465 e. The number of carbonyl (C=O) groups is 3. The van der Waals surface area contributed by atoms with Gasteiger partial charge < -0.3 is 31.3 Å². The highest BCUT2D eigenvalue weighted by molar-refractivity contribution is 5.89. The zero-order valence-electron chi connectivity index (χ0n) is 22.5. The van der Waals surface area contributed by atoms with Crippen LogP contribution in [-0.4, -0.2) is 75.6 Å². The molecule has 3 heterocycles. The number of hydrogen-bond acceptors (Lipinski definition) is 7. The highest BCUT2D eigenvalue weighted by Gasteiger charge is 2.50. The summed E-state index contributed by atoms with van der Waals surface area (Å²) in [5.74, 6) is 0.996. The molecule has 0 bridgehead atoms. The maximum absolute atomic E-state index is 12.8. The van der Waals surface area contributed by atoms with Crippen molar-refractivity contribution >= 4 is 29.7 Å². The van der Waals surface area contributed by atoms with Crippen LogP contribution in [0, 0.1) is 11.3 Å². The van der Waals surface area contributed by atoms with Crippen molar-refractivity contribution in [2.24, 2.45) is 17.1 Å². The molecule has 1 atom stereocenters. The van der Waals surface area contributed by atoms with Crippen molar-refractivity contribution in [3.05, 3.63) is 11.3 Å². The van der Waals surface area contributed by atoms with E-state index in [-0.39, 0.29) is 23.8 Å². The summed E-state index contributed by atoms with van der Waals surface area (Å²) in [7, 11) is 0. The topological polar surface area (TPSA) is 154 Å². The van der Waals surface area contributed by atoms with Gasteiger partial charge in [-0.15, -0.1) is 0 Å². The molecular weight excluding hydrogens is 474 g/mol. The first-order chi connectivity index (χ1) is 17.4. The summed E-state index contributed by atoms with van der Waals surface area (Å²) >= 11 is 0. The SMILES string of the molecule is CC(C)CC(CC(=O)NC(C)(C)C(N)=O)Nc1nc(N2CCC3(CN(C(=O)O)C3)C2)nc2c1CCCC2. The van der Waals surface area contributed by atoms with E-state index in [1.54, 1.807) is 13.8 Å². The average Bonchev–Trinajstić information content (AvgIpc) is 3.23. The quantitative estimate of drug-likeness (QED) is 0.390. The molecule has 4 rings (SSSR count). The fraction of sp³-hybridized carbons (Fsp3) is 0.731. The third-order valence-corrected chi connectivity index (χ3v) is 7.81. The Kier molecular flexibility index (Phi) is 7.52. The molecule has 2 aliphatic heterocycles. The summed E-state index contributed by atoms with van der Waals surface area (Å²) in [6.07, 6.45) is 4.96. The lowest BCUT2D eigenvalue weighted by molar-refractivity contribution is -0.130. The van der Waals surface area contributed by atoms with Crippen LogP contribution in [0.2, 0.25) is 0 Å². The predicted octanol–water partition coefficient (Wildman–Crippen LogP) is 2.14. The molecule has 0 saturated carbocycles. The molecule has 5 N–H and O–H groups in total. The number of carboxylic acid groups (broad SMARTS) is 1. The maximum atomic E-state index is 12.8. The number of amides is 3. The summed E-state index contributed by atoms with van der Waals surface area (Å²) in [6, 6.07) is -0.168. The lowest BCUT2D eigenvalue weighted by Gasteiger charge is -2.46. The predicted molar refractivity (Wildman–Crippen MR) is 140 cm³/mol. The van der Waals surface area contributed by atoms with E-state index in [2.05, 4.69) is 29.4 Å². The van der Waals surface area contributed by atoms with E-state index in [0.717, 1.165) is 68.7 Å². The van der Waals surface area contributed by atoms with Crippen LogP contribution in [-0.2, 0) is 22.4 Å². The number of nitrogens with two attached hydrogens (primary N) is 1. The molecule has 2 saturated heterocycles. The van der Waals surface area contributed by atoms with E-state index in [1.165, 1.54) is 4.90 Å². The second-order valence-electron chi connectivity index (χ2n) is 12.0. The van der Waals surface area contributed by atoms with Crippen molar-refractivity contribution in [1.82, 2.24) is 20.2 Å². The number of nitrogens with zero attached hydrogens (tertiary/aromatic N) is 4. The third kappa shape index (κ3) is 6.07. The Hall–Kier alpha value is -3.11. The van der Waals surface area contributed by atoms with Gasteiger partial charge in [0.15, 0.2) is 0 Å². The smallest absolute Gasteiger partial charge is 0.407 e. The molecule has 37 heavy (non-hydrogen) atoms. The highest BCUT2D eigenvalue weighted by atomic mass is 16.4. The van der Waals surface area contributed by atoms with Crippen LogP contribution in [0.25, 0.3) is 0 Å². The fourth-order valence-corrected chi connectivity index (χ4v) is 5.75. The molecule has 1 spiro atoms. The van der Waals surface area contributed by atoms with E-state index in [0.29, 0.717) is 25.0 Å². The number of aryl methyl sites for hydroxylation is 1. The molecule has 204 valence electrons. The molecule has 11 nitrogen and oxygen atoms in total. The van der Waals surface area contributed by atoms with Gasteiger partial charge in [-0.3, -0.25) is 9.59 Å². The monoisotopic (exact) mass is 515 g/mol. The average molecular weight is 516 g/mol. The number of primary amides is 1. The van der Waals surface area contributed by atoms with Crippen LogP contribution in [0.3, 0.4) is 0 Å². The highest BCUT2D eigenvalue weighted by Crippen LogP contribution is 2.41. The number of rotatable bonds is 9. The number of anilines is 2. The number of carbonyl (C=O) groups excluding carboxylic acids is 2. The van der Waals surface area contributed by atoms with Gasteiger partial charge in [0.1, 0.15) is 11.4 Å². The minimum absolute atomic E-state index is 0.0171. The van der Waals surface area contributed by atoms with Crippen molar-refractivity contribution in [2.45, 2.75) is 84.2 Å². The van der Waals surface area contributed by atoms with Gasteiger partial charge in [-0.2, -0.15) is 4.98 Å². The molecule has 1 aromatic rings. The molecule has 3 amide bonds. The van der Waals surface area contributed by atoms with Crippen LogP contribution in [0.15, 0.2) is 0 Å². The molecule has 3 aliphatic rings. The van der Waals surface area contributed by atoms with Gasteiger partial charge in [0, 0.05) is 49.6 Å². The number of nitrogens with one attached hydrogen (secondary N) is 2. The fourth-order valence-electron chi connectivity index (χ4n) is 5.75. The largest absolute Gasteiger partial charge is 0.465 e. The van der Waals surface area contributed by atoms with Crippen LogP contribution in [0.1, 0.15) is 71.1 Å². The molecule has 0 radical (unpaired) electrons. The van der Waals surface area contributed by atoms with E-state index in [1.807, 2.05) is 0 Å². The normalized spacial score (nSPS) is 19.4. The van der Waals surface area contributed by atoms with E-state index in [4.69, 9.17) is 15.7 Å². The van der Waals surface area contributed by atoms with Crippen LogP contribution in [0.5, 0.6) is 0 Å². The number of hydrogen-bond donors (Lipinski definition) is 4. The van der Waals surface area contributed by atoms with Gasteiger partial charge in [-0.25, -0.2) is 9.78 Å². The van der Waals surface area contributed by atoms with Crippen molar-refractivity contribution in [2.75, 3.05) is 36.4 Å². The lowest BCUT2D eigenvalue weighted by atomic mass is 9.79. The molecule has 11 heteroatoms. The Bertz CT molecular complexity index is 1050. The van der Waals surface area contributed by atoms with Gasteiger partial charge in [-0.05, 0) is 58.3 Å². The first-order valence-corrected chi connectivity index (χ1v) is 13.4. The molecule has 1 unspecified atom stereocenters. The molecule has 2 fully saturated rings. The third-order valence-electron chi connectivity index (χ3n) is 7.81. The zero-order chi connectivity index (χ0) is 27.0. The van der Waals surface area contributed by atoms with Gasteiger partial charge in [0.25, 0.3) is 0 Å². The Labute approximate surface area is 218 Å². The second kappa shape index (κ2) is 10.3. The lowest BCUT2D eigenvalue weighted by Crippen LogP contribution is -2.59. The number of likely N-dealkylation sites (tertiary alicyclic amines) is 1. The van der Waals surface area contributed by atoms with E-state index in [9.17, 15) is 19.5 Å². The molecular formula is C26H41N7O4. The van der Waals surface area contributed by atoms with Gasteiger partial charge in [-0.1, -0.05) is 13.8 Å². The summed E-state index contributed by atoms with van der Waals surface area (Å²) in [6.45, 7) is 10.1. The van der Waals surface area contributed by atoms with Gasteiger partial charge >= 0.3 is 6.09 Å². The zero-order valence-corrected chi connectivity index (χ0v) is 22.5. The maximum Gasteiger partial charge on any atom is 0.407 e. The minimum atomic E-state index is -1.12. The summed E-state index contributed by atoms with van der Waals surface area (Å²) in [5, 5.41) is 15.6. The number of fused-ring (bicyclic) bond motifs is 1. The van der Waals surface area contributed by atoms with Crippen molar-refractivity contribution in [1.29, 1.82) is 0 Å². The summed E-state index contributed by atoms with van der Waals surface area (Å²) < 4.78 is 0. The van der Waals surface area contributed by atoms with Crippen LogP contribution in [0.4, 0.5) is 16.6 Å². The first-order valence-electron chi connectivity index (χ1n) is 13.4. The van der Waals surface area contributed by atoms with E-state index >= 15 is 0 Å². The second-order valence-corrected chi connectivity index (χ2v) is 12.0. The molecule has 0 aromatic carbocycles. The Balaban J connectivity index is 1.53. The van der Waals surface area contributed by atoms with Crippen molar-refractivity contribution in [3.8, 4) is 0 Å². The van der Waals surface area contributed by atoms with E-state index < -0.39 is 17.5 Å². The van der Waals surface area contributed by atoms with Crippen LogP contribution >= 0.6 is 0 Å². The molecule has 1 aliphatic carbocycles. The summed E-state index contributed by atoms with van der Waals surface area (Å²) in [4.78, 5) is 49.4. The van der Waals surface area contributed by atoms with Crippen molar-refractivity contribution < 1.29 is 19.5 Å². The Morgan fingerprint density at radius 3 is 2.49 bits per heavy atom. The summed E-state index contributed by atoms with van der Waals surface area (Å²) in [5.41, 5.74) is 6.48. The standard InChI is InChI=1S/C26H41N7O4/c1-16(2)11-17(12-20(34)31-25(3,4)22(27)35)28-21-18-7-5-6-8-19(18)29-23(30-21)32-10-9-26(13-32)14-33(15-26)24(36)37/h16-17H,5-15H2,1-4H3,(H2,27,35)(H,31,34)(H,36,37)(H,28,29,30). The first kappa shape index (κ1) is 26.9. The Morgan fingerprint density at radius 1 is 1.14 bits per heavy atom.